The fraction of sp³-hybridized carbons (Fsp3) is 0.158. The molecule has 0 unspecified atom stereocenters. The van der Waals surface area contributed by atoms with Gasteiger partial charge in [0, 0.05) is 31.4 Å². The Labute approximate surface area is 140 Å². The van der Waals surface area contributed by atoms with Gasteiger partial charge in [-0.3, -0.25) is 9.78 Å². The third-order valence-electron chi connectivity index (χ3n) is 3.83. The fourth-order valence-corrected chi connectivity index (χ4v) is 2.52. The minimum Gasteiger partial charge on any atom is -0.457 e. The Morgan fingerprint density at radius 2 is 1.83 bits per heavy atom. The number of hydrogen-bond acceptors (Lipinski definition) is 4. The number of carbonyl (C=O) groups is 1. The van der Waals surface area contributed by atoms with E-state index in [0.717, 1.165) is 22.3 Å². The third-order valence-corrected chi connectivity index (χ3v) is 3.83. The van der Waals surface area contributed by atoms with Crippen molar-refractivity contribution in [2.45, 2.75) is 6.92 Å². The van der Waals surface area contributed by atoms with E-state index in [2.05, 4.69) is 15.6 Å². The van der Waals surface area contributed by atoms with Crippen LogP contribution in [0.3, 0.4) is 0 Å². The number of ether oxygens (including phenoxy) is 1. The van der Waals surface area contributed by atoms with Crippen LogP contribution in [0.15, 0.2) is 48.7 Å². The van der Waals surface area contributed by atoms with Crippen LogP contribution in [0.1, 0.15) is 15.9 Å². The van der Waals surface area contributed by atoms with E-state index in [4.69, 9.17) is 4.74 Å². The number of nitrogens with one attached hydrogen (secondary N) is 2. The smallest absolute Gasteiger partial charge is 0.253 e. The monoisotopic (exact) mass is 321 g/mol. The van der Waals surface area contributed by atoms with Crippen molar-refractivity contribution in [1.82, 2.24) is 10.3 Å². The maximum absolute atomic E-state index is 12.1. The Kier molecular flexibility index (Phi) is 4.33. The minimum atomic E-state index is -0.161. The molecule has 0 radical (unpaired) electrons. The highest BCUT2D eigenvalue weighted by Gasteiger charge is 2.14. The highest BCUT2D eigenvalue weighted by molar-refractivity contribution is 6.04. The van der Waals surface area contributed by atoms with Crippen molar-refractivity contribution in [2.24, 2.45) is 0 Å². The van der Waals surface area contributed by atoms with Gasteiger partial charge in [0.25, 0.3) is 5.91 Å². The van der Waals surface area contributed by atoms with Gasteiger partial charge in [-0.05, 0) is 37.3 Å². The van der Waals surface area contributed by atoms with Gasteiger partial charge in [0.1, 0.15) is 11.5 Å². The molecule has 1 aromatic heterocycles. The molecule has 0 saturated carbocycles. The van der Waals surface area contributed by atoms with Gasteiger partial charge < -0.3 is 15.4 Å². The van der Waals surface area contributed by atoms with Crippen molar-refractivity contribution in [3.05, 3.63) is 59.8 Å². The van der Waals surface area contributed by atoms with E-state index in [0.29, 0.717) is 11.3 Å². The van der Waals surface area contributed by atoms with Crippen LogP contribution in [0.5, 0.6) is 11.5 Å². The van der Waals surface area contributed by atoms with E-state index in [-0.39, 0.29) is 5.91 Å². The van der Waals surface area contributed by atoms with Gasteiger partial charge in [0.05, 0.1) is 11.1 Å². The van der Waals surface area contributed by atoms with Crippen LogP contribution in [0.4, 0.5) is 5.69 Å². The first kappa shape index (κ1) is 15.8. The lowest BCUT2D eigenvalue weighted by Gasteiger charge is -2.13. The topological polar surface area (TPSA) is 63.2 Å². The number of carbonyl (C=O) groups excluding carboxylic acids is 1. The van der Waals surface area contributed by atoms with E-state index in [1.807, 2.05) is 37.3 Å². The number of aryl methyl sites for hydroxylation is 1. The summed E-state index contributed by atoms with van der Waals surface area (Å²) in [7, 11) is 3.39. The largest absolute Gasteiger partial charge is 0.457 e. The number of pyridine rings is 1. The first-order valence-electron chi connectivity index (χ1n) is 7.69. The lowest BCUT2D eigenvalue weighted by molar-refractivity contribution is 0.0964. The van der Waals surface area contributed by atoms with Crippen molar-refractivity contribution in [2.75, 3.05) is 19.4 Å². The molecule has 24 heavy (non-hydrogen) atoms. The molecule has 5 heteroatoms. The number of aromatic nitrogens is 1. The molecular weight excluding hydrogens is 302 g/mol. The SMILES string of the molecule is CNC(=O)c1cc2c(Oc3ccc(C)cc3)ccnc2cc1NC. The molecule has 0 fully saturated rings. The number of rotatable bonds is 4. The van der Waals surface area contributed by atoms with Crippen molar-refractivity contribution in [3.8, 4) is 11.5 Å². The molecule has 0 atom stereocenters. The van der Waals surface area contributed by atoms with Crippen LogP contribution in [0.2, 0.25) is 0 Å². The molecule has 2 N–H and O–H groups in total. The van der Waals surface area contributed by atoms with Crippen LogP contribution >= 0.6 is 0 Å². The molecule has 3 rings (SSSR count). The molecule has 1 amide bonds. The first-order valence-corrected chi connectivity index (χ1v) is 7.69. The molecule has 5 nitrogen and oxygen atoms in total. The Balaban J connectivity index is 2.11. The van der Waals surface area contributed by atoms with Crippen LogP contribution in [-0.2, 0) is 0 Å². The normalized spacial score (nSPS) is 10.5. The summed E-state index contributed by atoms with van der Waals surface area (Å²) >= 11 is 0. The van der Waals surface area contributed by atoms with Gasteiger partial charge in [-0.2, -0.15) is 0 Å². The van der Waals surface area contributed by atoms with Gasteiger partial charge in [0.2, 0.25) is 0 Å². The average Bonchev–Trinajstić information content (AvgIpc) is 2.62. The molecule has 1 heterocycles. The second kappa shape index (κ2) is 6.58. The van der Waals surface area contributed by atoms with Crippen molar-refractivity contribution < 1.29 is 9.53 Å². The number of benzene rings is 2. The predicted molar refractivity (Wildman–Crippen MR) is 95.9 cm³/mol. The molecule has 2 aromatic carbocycles. The zero-order valence-electron chi connectivity index (χ0n) is 13.9. The second-order valence-corrected chi connectivity index (χ2v) is 5.47. The van der Waals surface area contributed by atoms with E-state index in [1.165, 1.54) is 5.56 Å². The highest BCUT2D eigenvalue weighted by Crippen LogP contribution is 2.32. The summed E-state index contributed by atoms with van der Waals surface area (Å²) in [5.41, 5.74) is 3.20. The molecule has 3 aromatic rings. The number of amides is 1. The van der Waals surface area contributed by atoms with Crippen molar-refractivity contribution >= 4 is 22.5 Å². The van der Waals surface area contributed by atoms with E-state index < -0.39 is 0 Å². The van der Waals surface area contributed by atoms with E-state index in [9.17, 15) is 4.79 Å². The molecule has 0 saturated heterocycles. The zero-order valence-corrected chi connectivity index (χ0v) is 13.9. The summed E-state index contributed by atoms with van der Waals surface area (Å²) < 4.78 is 6.00. The lowest BCUT2D eigenvalue weighted by Crippen LogP contribution is -2.19. The lowest BCUT2D eigenvalue weighted by atomic mass is 10.1. The fourth-order valence-electron chi connectivity index (χ4n) is 2.52. The van der Waals surface area contributed by atoms with E-state index >= 15 is 0 Å². The summed E-state index contributed by atoms with van der Waals surface area (Å²) in [4.78, 5) is 16.5. The van der Waals surface area contributed by atoms with Crippen LogP contribution in [0.25, 0.3) is 10.9 Å². The maximum Gasteiger partial charge on any atom is 0.253 e. The van der Waals surface area contributed by atoms with Crippen molar-refractivity contribution in [3.63, 3.8) is 0 Å². The quantitative estimate of drug-likeness (QED) is 0.768. The van der Waals surface area contributed by atoms with Gasteiger partial charge in [-0.15, -0.1) is 0 Å². The summed E-state index contributed by atoms with van der Waals surface area (Å²) in [5.74, 6) is 1.25. The first-order chi connectivity index (χ1) is 11.6. The third kappa shape index (κ3) is 3.01. The zero-order chi connectivity index (χ0) is 17.1. The summed E-state index contributed by atoms with van der Waals surface area (Å²) in [6, 6.07) is 13.3. The number of hydrogen-bond donors (Lipinski definition) is 2. The van der Waals surface area contributed by atoms with Crippen LogP contribution in [-0.4, -0.2) is 25.0 Å². The molecule has 122 valence electrons. The number of fused-ring (bicyclic) bond motifs is 1. The standard InChI is InChI=1S/C19H19N3O2/c1-12-4-6-13(7-5-12)24-18-8-9-22-17-11-16(20-2)15(10-14(17)18)19(23)21-3/h4-11,20H,1-3H3,(H,21,23). The summed E-state index contributed by atoms with van der Waals surface area (Å²) in [5, 5.41) is 6.48. The molecule has 0 aliphatic rings. The molecule has 0 aliphatic carbocycles. The second-order valence-electron chi connectivity index (χ2n) is 5.47. The van der Waals surface area contributed by atoms with Gasteiger partial charge in [-0.25, -0.2) is 0 Å². The molecule has 0 spiro atoms. The van der Waals surface area contributed by atoms with Crippen LogP contribution in [0, 0.1) is 6.92 Å². The van der Waals surface area contributed by atoms with Gasteiger partial charge >= 0.3 is 0 Å². The van der Waals surface area contributed by atoms with Crippen LogP contribution < -0.4 is 15.4 Å². The summed E-state index contributed by atoms with van der Waals surface area (Å²) in [6.45, 7) is 2.03. The van der Waals surface area contributed by atoms with Crippen molar-refractivity contribution in [1.29, 1.82) is 0 Å². The average molecular weight is 321 g/mol. The number of anilines is 1. The Hall–Kier alpha value is -3.08. The Morgan fingerprint density at radius 1 is 1.08 bits per heavy atom. The van der Waals surface area contributed by atoms with Gasteiger partial charge in [-0.1, -0.05) is 17.7 Å². The molecule has 0 bridgehead atoms. The molecule has 0 aliphatic heterocycles. The maximum atomic E-state index is 12.1. The molecular formula is C19H19N3O2. The highest BCUT2D eigenvalue weighted by atomic mass is 16.5. The Bertz CT molecular complexity index is 889. The summed E-state index contributed by atoms with van der Waals surface area (Å²) in [6.07, 6.45) is 1.70. The predicted octanol–water partition coefficient (Wildman–Crippen LogP) is 3.74. The van der Waals surface area contributed by atoms with E-state index in [1.54, 1.807) is 32.4 Å². The number of nitrogens with zero attached hydrogens (tertiary/aromatic N) is 1. The minimum absolute atomic E-state index is 0.161. The van der Waals surface area contributed by atoms with Gasteiger partial charge in [0.15, 0.2) is 0 Å². The Morgan fingerprint density at radius 3 is 2.50 bits per heavy atom.